The number of halogens is 3. The smallest absolute Gasteiger partial charge is 0.257 e. The molecular formula is C17H16Cl3NO2S. The zero-order valence-corrected chi connectivity index (χ0v) is 15.8. The lowest BCUT2D eigenvalue weighted by atomic mass is 10.2. The van der Waals surface area contributed by atoms with Crippen LogP contribution in [0.25, 0.3) is 0 Å². The molecule has 0 saturated heterocycles. The first-order valence-electron chi connectivity index (χ1n) is 7.22. The van der Waals surface area contributed by atoms with Crippen LogP contribution < -0.4 is 10.1 Å². The lowest BCUT2D eigenvalue weighted by Gasteiger charge is -2.09. The predicted molar refractivity (Wildman–Crippen MR) is 103 cm³/mol. The summed E-state index contributed by atoms with van der Waals surface area (Å²) in [6.07, 6.45) is 0. The predicted octanol–water partition coefficient (Wildman–Crippen LogP) is 5.08. The standard InChI is InChI=1S/C17H16Cl3NO2S/c18-13-5-3-6-14(19)12(13)11-24-9-8-21-17(22)10-23-16-7-2-1-4-15(16)20/h1-7H,8-11H2,(H,21,22). The summed E-state index contributed by atoms with van der Waals surface area (Å²) in [6, 6.07) is 12.5. The van der Waals surface area contributed by atoms with Gasteiger partial charge in [0.05, 0.1) is 5.02 Å². The quantitative estimate of drug-likeness (QED) is 0.624. The van der Waals surface area contributed by atoms with Gasteiger partial charge in [0, 0.05) is 28.1 Å². The number of ether oxygens (including phenoxy) is 1. The first-order chi connectivity index (χ1) is 11.6. The molecular weight excluding hydrogens is 389 g/mol. The third kappa shape index (κ3) is 6.10. The van der Waals surface area contributed by atoms with E-state index in [9.17, 15) is 4.79 Å². The van der Waals surface area contributed by atoms with E-state index in [1.165, 1.54) is 0 Å². The molecule has 0 aliphatic carbocycles. The van der Waals surface area contributed by atoms with Gasteiger partial charge in [-0.1, -0.05) is 53.0 Å². The Kier molecular flexibility index (Phi) is 8.06. The first-order valence-corrected chi connectivity index (χ1v) is 9.51. The van der Waals surface area contributed by atoms with Crippen molar-refractivity contribution in [3.8, 4) is 5.75 Å². The van der Waals surface area contributed by atoms with E-state index in [0.29, 0.717) is 33.1 Å². The Labute approximate surface area is 160 Å². The maximum absolute atomic E-state index is 11.7. The van der Waals surface area contributed by atoms with Gasteiger partial charge in [-0.05, 0) is 29.8 Å². The molecule has 1 N–H and O–H groups in total. The minimum absolute atomic E-state index is 0.0647. The van der Waals surface area contributed by atoms with Crippen molar-refractivity contribution in [3.63, 3.8) is 0 Å². The van der Waals surface area contributed by atoms with Gasteiger partial charge in [-0.3, -0.25) is 4.79 Å². The fraction of sp³-hybridized carbons (Fsp3) is 0.235. The van der Waals surface area contributed by atoms with Crippen molar-refractivity contribution in [1.29, 1.82) is 0 Å². The fourth-order valence-electron chi connectivity index (χ4n) is 1.86. The van der Waals surface area contributed by atoms with E-state index in [1.54, 1.807) is 36.0 Å². The molecule has 0 atom stereocenters. The maximum Gasteiger partial charge on any atom is 0.257 e. The second kappa shape index (κ2) is 10.0. The second-order valence-corrected chi connectivity index (χ2v) is 7.15. The number of carbonyl (C=O) groups excluding carboxylic acids is 1. The summed E-state index contributed by atoms with van der Waals surface area (Å²) in [5.41, 5.74) is 0.916. The number of benzene rings is 2. The van der Waals surface area contributed by atoms with Gasteiger partial charge in [0.25, 0.3) is 5.91 Å². The van der Waals surface area contributed by atoms with Crippen LogP contribution in [0.2, 0.25) is 15.1 Å². The van der Waals surface area contributed by atoms with Crippen LogP contribution >= 0.6 is 46.6 Å². The largest absolute Gasteiger partial charge is 0.482 e. The highest BCUT2D eigenvalue weighted by molar-refractivity contribution is 7.98. The van der Waals surface area contributed by atoms with Gasteiger partial charge >= 0.3 is 0 Å². The van der Waals surface area contributed by atoms with Crippen molar-refractivity contribution in [2.45, 2.75) is 5.75 Å². The van der Waals surface area contributed by atoms with Gasteiger partial charge in [0.1, 0.15) is 5.75 Å². The van der Waals surface area contributed by atoms with Crippen LogP contribution in [0, 0.1) is 0 Å². The van der Waals surface area contributed by atoms with Crippen molar-refractivity contribution in [3.05, 3.63) is 63.1 Å². The molecule has 0 aliphatic rings. The topological polar surface area (TPSA) is 38.3 Å². The number of para-hydroxylation sites is 1. The lowest BCUT2D eigenvalue weighted by Crippen LogP contribution is -2.30. The Hall–Kier alpha value is -1.07. The molecule has 0 aliphatic heterocycles. The Morgan fingerprint density at radius 1 is 1.00 bits per heavy atom. The molecule has 0 bridgehead atoms. The normalized spacial score (nSPS) is 10.5. The van der Waals surface area contributed by atoms with Crippen molar-refractivity contribution in [2.24, 2.45) is 0 Å². The van der Waals surface area contributed by atoms with Gasteiger partial charge in [0.15, 0.2) is 6.61 Å². The highest BCUT2D eigenvalue weighted by Crippen LogP contribution is 2.28. The molecule has 2 aromatic carbocycles. The molecule has 0 saturated carbocycles. The molecule has 2 aromatic rings. The van der Waals surface area contributed by atoms with Gasteiger partial charge < -0.3 is 10.1 Å². The van der Waals surface area contributed by atoms with Gasteiger partial charge in [-0.2, -0.15) is 11.8 Å². The molecule has 0 aromatic heterocycles. The third-order valence-corrected chi connectivity index (χ3v) is 5.08. The fourth-order valence-corrected chi connectivity index (χ4v) is 3.65. The average molecular weight is 405 g/mol. The van der Waals surface area contributed by atoms with E-state index in [0.717, 1.165) is 11.3 Å². The van der Waals surface area contributed by atoms with Gasteiger partial charge in [-0.25, -0.2) is 0 Å². The Bertz CT molecular complexity index is 677. The summed E-state index contributed by atoms with van der Waals surface area (Å²) in [5, 5.41) is 4.60. The highest BCUT2D eigenvalue weighted by Gasteiger charge is 2.07. The van der Waals surface area contributed by atoms with Crippen LogP contribution in [-0.4, -0.2) is 24.8 Å². The van der Waals surface area contributed by atoms with Crippen LogP contribution in [0.1, 0.15) is 5.56 Å². The van der Waals surface area contributed by atoms with E-state index in [4.69, 9.17) is 39.5 Å². The van der Waals surface area contributed by atoms with E-state index in [1.807, 2.05) is 18.2 Å². The number of thioether (sulfide) groups is 1. The Balaban J connectivity index is 1.64. The minimum atomic E-state index is -0.189. The summed E-state index contributed by atoms with van der Waals surface area (Å²) in [4.78, 5) is 11.7. The molecule has 128 valence electrons. The number of hydrogen-bond donors (Lipinski definition) is 1. The molecule has 1 amide bonds. The molecule has 0 spiro atoms. The van der Waals surface area contributed by atoms with Crippen molar-refractivity contribution < 1.29 is 9.53 Å². The van der Waals surface area contributed by atoms with Crippen molar-refractivity contribution >= 4 is 52.5 Å². The van der Waals surface area contributed by atoms with Crippen molar-refractivity contribution in [2.75, 3.05) is 18.9 Å². The van der Waals surface area contributed by atoms with Crippen LogP contribution in [0.3, 0.4) is 0 Å². The first kappa shape index (κ1) is 19.3. The maximum atomic E-state index is 11.7. The summed E-state index contributed by atoms with van der Waals surface area (Å²) in [7, 11) is 0. The van der Waals surface area contributed by atoms with E-state index in [-0.39, 0.29) is 12.5 Å². The summed E-state index contributed by atoms with van der Waals surface area (Å²) < 4.78 is 5.37. The molecule has 7 heteroatoms. The van der Waals surface area contributed by atoms with Crippen LogP contribution in [0.15, 0.2) is 42.5 Å². The minimum Gasteiger partial charge on any atom is -0.482 e. The monoisotopic (exact) mass is 403 g/mol. The van der Waals surface area contributed by atoms with Crippen molar-refractivity contribution in [1.82, 2.24) is 5.32 Å². The highest BCUT2D eigenvalue weighted by atomic mass is 35.5. The van der Waals surface area contributed by atoms with E-state index < -0.39 is 0 Å². The summed E-state index contributed by atoms with van der Waals surface area (Å²) in [6.45, 7) is 0.474. The van der Waals surface area contributed by atoms with Crippen LogP contribution in [0.5, 0.6) is 5.75 Å². The summed E-state index contributed by atoms with van der Waals surface area (Å²) in [5.74, 6) is 1.76. The zero-order valence-electron chi connectivity index (χ0n) is 12.7. The average Bonchev–Trinajstić information content (AvgIpc) is 2.56. The Morgan fingerprint density at radius 3 is 2.38 bits per heavy atom. The van der Waals surface area contributed by atoms with E-state index >= 15 is 0 Å². The number of nitrogens with one attached hydrogen (secondary N) is 1. The molecule has 24 heavy (non-hydrogen) atoms. The zero-order chi connectivity index (χ0) is 17.4. The molecule has 3 nitrogen and oxygen atoms in total. The third-order valence-electron chi connectivity index (χ3n) is 3.07. The van der Waals surface area contributed by atoms with E-state index in [2.05, 4.69) is 5.32 Å². The number of amides is 1. The Morgan fingerprint density at radius 2 is 1.67 bits per heavy atom. The number of rotatable bonds is 8. The molecule has 0 fully saturated rings. The molecule has 2 rings (SSSR count). The molecule has 0 heterocycles. The van der Waals surface area contributed by atoms with Crippen LogP contribution in [-0.2, 0) is 10.5 Å². The van der Waals surface area contributed by atoms with Gasteiger partial charge in [0.2, 0.25) is 0 Å². The second-order valence-electron chi connectivity index (χ2n) is 4.82. The van der Waals surface area contributed by atoms with Gasteiger partial charge in [-0.15, -0.1) is 0 Å². The number of hydrogen-bond acceptors (Lipinski definition) is 3. The lowest BCUT2D eigenvalue weighted by molar-refractivity contribution is -0.122. The SMILES string of the molecule is O=C(COc1ccccc1Cl)NCCSCc1c(Cl)cccc1Cl. The number of carbonyl (C=O) groups is 1. The summed E-state index contributed by atoms with van der Waals surface area (Å²) >= 11 is 19.8. The molecule has 0 radical (unpaired) electrons. The molecule has 0 unspecified atom stereocenters. The van der Waals surface area contributed by atoms with Crippen LogP contribution in [0.4, 0.5) is 0 Å².